The molecular formula is C33H52NO+. The van der Waals surface area contributed by atoms with Crippen LogP contribution in [0.1, 0.15) is 128 Å². The Morgan fingerprint density at radius 3 is 1.43 bits per heavy atom. The van der Waals surface area contributed by atoms with Gasteiger partial charge in [-0.25, -0.2) is 4.57 Å². The van der Waals surface area contributed by atoms with Gasteiger partial charge in [0.1, 0.15) is 12.3 Å². The van der Waals surface area contributed by atoms with Crippen LogP contribution in [0.15, 0.2) is 48.8 Å². The molecule has 1 aromatic carbocycles. The highest BCUT2D eigenvalue weighted by Crippen LogP contribution is 2.16. The summed E-state index contributed by atoms with van der Waals surface area (Å²) in [6.45, 7) is 6.28. The Morgan fingerprint density at radius 2 is 0.971 bits per heavy atom. The lowest BCUT2D eigenvalue weighted by molar-refractivity contribution is -0.693. The molecule has 0 fully saturated rings. The number of aryl methyl sites for hydroxylation is 1. The molecule has 0 aliphatic rings. The van der Waals surface area contributed by atoms with Gasteiger partial charge in [0.05, 0.1) is 6.61 Å². The quantitative estimate of drug-likeness (QED) is 0.128. The van der Waals surface area contributed by atoms with Crippen LogP contribution >= 0.6 is 0 Å². The van der Waals surface area contributed by atoms with Crippen LogP contribution in [0.3, 0.4) is 0 Å². The maximum atomic E-state index is 5.94. The fourth-order valence-corrected chi connectivity index (χ4v) is 4.50. The summed E-state index contributed by atoms with van der Waals surface area (Å²) in [6.07, 6.45) is 31.0. The molecule has 0 saturated heterocycles. The van der Waals surface area contributed by atoms with Crippen molar-refractivity contribution in [3.8, 4) is 5.75 Å². The van der Waals surface area contributed by atoms with E-state index in [4.69, 9.17) is 4.74 Å². The van der Waals surface area contributed by atoms with Crippen molar-refractivity contribution in [2.45, 2.75) is 123 Å². The number of rotatable bonds is 21. The van der Waals surface area contributed by atoms with Gasteiger partial charge in [-0.05, 0) is 36.6 Å². The van der Waals surface area contributed by atoms with Crippen molar-refractivity contribution in [3.63, 3.8) is 0 Å². The van der Waals surface area contributed by atoms with Gasteiger partial charge >= 0.3 is 0 Å². The largest absolute Gasteiger partial charge is 0.494 e. The van der Waals surface area contributed by atoms with E-state index in [0.717, 1.165) is 25.3 Å². The Bertz CT molecular complexity index is 763. The lowest BCUT2D eigenvalue weighted by Crippen LogP contribution is -2.30. The minimum absolute atomic E-state index is 0.828. The summed E-state index contributed by atoms with van der Waals surface area (Å²) >= 11 is 0. The molecule has 0 radical (unpaired) electrons. The predicted molar refractivity (Wildman–Crippen MR) is 153 cm³/mol. The molecule has 1 heterocycles. The highest BCUT2D eigenvalue weighted by atomic mass is 16.5. The van der Waals surface area contributed by atoms with Crippen molar-refractivity contribution in [1.82, 2.24) is 0 Å². The molecule has 2 heteroatoms. The topological polar surface area (TPSA) is 13.1 Å². The number of nitrogens with zero attached hydrogens (tertiary/aromatic N) is 1. The molecule has 0 aliphatic carbocycles. The first-order valence-corrected chi connectivity index (χ1v) is 14.7. The molecule has 2 rings (SSSR count). The van der Waals surface area contributed by atoms with E-state index in [1.807, 2.05) is 0 Å². The highest BCUT2D eigenvalue weighted by Gasteiger charge is 1.98. The van der Waals surface area contributed by atoms with Gasteiger partial charge in [-0.3, -0.25) is 0 Å². The van der Waals surface area contributed by atoms with E-state index in [1.54, 1.807) is 0 Å². The Labute approximate surface area is 216 Å². The number of pyridine rings is 1. The van der Waals surface area contributed by atoms with Gasteiger partial charge in [0.25, 0.3) is 0 Å². The Balaban J connectivity index is 1.40. The molecule has 0 amide bonds. The standard InChI is InChI=1S/C33H52NO/c1-3-5-6-7-8-9-10-11-12-13-14-15-16-17-18-19-30-35-33-24-22-31(23-25-33)20-21-32-26-28-34(4-2)29-27-32/h20-29H,3-19,30H2,1-2H3/q+1/b21-20+. The normalized spacial score (nSPS) is 11.4. The Morgan fingerprint density at radius 1 is 0.543 bits per heavy atom. The summed E-state index contributed by atoms with van der Waals surface area (Å²) < 4.78 is 8.11. The second-order valence-corrected chi connectivity index (χ2v) is 10.0. The molecule has 35 heavy (non-hydrogen) atoms. The fourth-order valence-electron chi connectivity index (χ4n) is 4.50. The number of aromatic nitrogens is 1. The van der Waals surface area contributed by atoms with Crippen LogP contribution in [0.2, 0.25) is 0 Å². The van der Waals surface area contributed by atoms with Crippen molar-refractivity contribution < 1.29 is 9.30 Å². The van der Waals surface area contributed by atoms with Crippen molar-refractivity contribution >= 4 is 12.2 Å². The molecule has 0 N–H and O–H groups in total. The van der Waals surface area contributed by atoms with Gasteiger partial charge in [-0.15, -0.1) is 0 Å². The van der Waals surface area contributed by atoms with E-state index >= 15 is 0 Å². The van der Waals surface area contributed by atoms with Crippen molar-refractivity contribution in [2.24, 2.45) is 0 Å². The van der Waals surface area contributed by atoms with Gasteiger partial charge < -0.3 is 4.74 Å². The summed E-state index contributed by atoms with van der Waals surface area (Å²) in [7, 11) is 0. The average Bonchev–Trinajstić information content (AvgIpc) is 2.90. The van der Waals surface area contributed by atoms with E-state index in [2.05, 4.69) is 79.4 Å². The fraction of sp³-hybridized carbons (Fsp3) is 0.606. The second kappa shape index (κ2) is 20.1. The summed E-state index contributed by atoms with van der Waals surface area (Å²) in [6, 6.07) is 12.7. The molecule has 0 bridgehead atoms. The minimum Gasteiger partial charge on any atom is -0.494 e. The predicted octanol–water partition coefficient (Wildman–Crippen LogP) is 9.80. The first kappa shape index (κ1) is 29.1. The molecular weight excluding hydrogens is 426 g/mol. The number of hydrogen-bond acceptors (Lipinski definition) is 1. The molecule has 2 nitrogen and oxygen atoms in total. The van der Waals surface area contributed by atoms with E-state index in [0.29, 0.717) is 0 Å². The summed E-state index contributed by atoms with van der Waals surface area (Å²) in [4.78, 5) is 0. The smallest absolute Gasteiger partial charge is 0.169 e. The molecule has 0 saturated carbocycles. The molecule has 0 unspecified atom stereocenters. The second-order valence-electron chi connectivity index (χ2n) is 10.0. The molecule has 2 aromatic rings. The molecule has 0 spiro atoms. The van der Waals surface area contributed by atoms with Gasteiger partial charge in [0.2, 0.25) is 0 Å². The zero-order chi connectivity index (χ0) is 24.8. The third kappa shape index (κ3) is 14.8. The Hall–Kier alpha value is -2.09. The Kier molecular flexibility index (Phi) is 16.8. The van der Waals surface area contributed by atoms with E-state index < -0.39 is 0 Å². The molecule has 194 valence electrons. The lowest BCUT2D eigenvalue weighted by Gasteiger charge is -2.07. The number of benzene rings is 1. The third-order valence-corrected chi connectivity index (χ3v) is 6.90. The lowest BCUT2D eigenvalue weighted by atomic mass is 10.0. The zero-order valence-electron chi connectivity index (χ0n) is 22.9. The van der Waals surface area contributed by atoms with E-state index in [1.165, 1.54) is 107 Å². The first-order valence-electron chi connectivity index (χ1n) is 14.7. The maximum Gasteiger partial charge on any atom is 0.169 e. The van der Waals surface area contributed by atoms with Crippen molar-refractivity contribution in [1.29, 1.82) is 0 Å². The van der Waals surface area contributed by atoms with Gasteiger partial charge in [-0.1, -0.05) is 128 Å². The molecule has 1 aromatic heterocycles. The monoisotopic (exact) mass is 478 g/mol. The van der Waals surface area contributed by atoms with Crippen LogP contribution in [0.5, 0.6) is 5.75 Å². The van der Waals surface area contributed by atoms with Crippen LogP contribution in [0.4, 0.5) is 0 Å². The van der Waals surface area contributed by atoms with Crippen LogP contribution in [-0.4, -0.2) is 6.61 Å². The summed E-state index contributed by atoms with van der Waals surface area (Å²) in [5.41, 5.74) is 2.42. The summed E-state index contributed by atoms with van der Waals surface area (Å²) in [5, 5.41) is 0. The van der Waals surface area contributed by atoms with Crippen LogP contribution < -0.4 is 9.30 Å². The van der Waals surface area contributed by atoms with Crippen LogP contribution in [-0.2, 0) is 6.54 Å². The van der Waals surface area contributed by atoms with Gasteiger partial charge in [0.15, 0.2) is 12.4 Å². The summed E-state index contributed by atoms with van der Waals surface area (Å²) in [5.74, 6) is 0.979. The number of hydrogen-bond donors (Lipinski definition) is 0. The van der Waals surface area contributed by atoms with Gasteiger partial charge in [-0.2, -0.15) is 0 Å². The van der Waals surface area contributed by atoms with Crippen LogP contribution in [0, 0.1) is 0 Å². The zero-order valence-corrected chi connectivity index (χ0v) is 22.9. The van der Waals surface area contributed by atoms with Crippen LogP contribution in [0.25, 0.3) is 12.2 Å². The minimum atomic E-state index is 0.828. The number of unbranched alkanes of at least 4 members (excludes halogenated alkanes) is 15. The van der Waals surface area contributed by atoms with Crippen molar-refractivity contribution in [3.05, 3.63) is 59.9 Å². The van der Waals surface area contributed by atoms with E-state index in [-0.39, 0.29) is 0 Å². The molecule has 0 atom stereocenters. The van der Waals surface area contributed by atoms with E-state index in [9.17, 15) is 0 Å². The third-order valence-electron chi connectivity index (χ3n) is 6.90. The number of ether oxygens (including phenoxy) is 1. The highest BCUT2D eigenvalue weighted by molar-refractivity contribution is 5.69. The average molecular weight is 479 g/mol. The molecule has 0 aliphatic heterocycles. The van der Waals surface area contributed by atoms with Crippen molar-refractivity contribution in [2.75, 3.05) is 6.61 Å². The maximum absolute atomic E-state index is 5.94. The first-order chi connectivity index (χ1) is 17.3. The van der Waals surface area contributed by atoms with Gasteiger partial charge in [0, 0.05) is 12.1 Å². The SMILES string of the molecule is CCCCCCCCCCCCCCCCCCOc1ccc(/C=C/c2cc[n+](CC)cc2)cc1.